The molecule has 0 saturated heterocycles. The van der Waals surface area contributed by atoms with Gasteiger partial charge in [0.1, 0.15) is 0 Å². The Balaban J connectivity index is 1.78. The number of anilines is 1. The number of pyridine rings is 1. The van der Waals surface area contributed by atoms with Crippen molar-refractivity contribution < 1.29 is 26.4 Å². The lowest BCUT2D eigenvalue weighted by atomic mass is 10.0. The summed E-state index contributed by atoms with van der Waals surface area (Å²) in [5, 5.41) is 0. The van der Waals surface area contributed by atoms with E-state index in [1.54, 1.807) is 31.5 Å². The van der Waals surface area contributed by atoms with Crippen molar-refractivity contribution in [2.45, 2.75) is 13.3 Å². The van der Waals surface area contributed by atoms with Gasteiger partial charge in [-0.1, -0.05) is 6.92 Å². The molecular formula is C23H17F3N4O3S. The van der Waals surface area contributed by atoms with Gasteiger partial charge in [0.15, 0.2) is 23.2 Å². The molecule has 0 bridgehead atoms. The van der Waals surface area contributed by atoms with Gasteiger partial charge in [-0.2, -0.15) is 0 Å². The van der Waals surface area contributed by atoms with Gasteiger partial charge in [-0.25, -0.2) is 26.6 Å². The summed E-state index contributed by atoms with van der Waals surface area (Å²) in [6.45, 7) is 1.58. The zero-order valence-corrected chi connectivity index (χ0v) is 18.5. The number of sulfonamides is 1. The number of ketones is 1. The molecule has 0 amide bonds. The van der Waals surface area contributed by atoms with Crippen molar-refractivity contribution in [2.75, 3.05) is 10.5 Å². The van der Waals surface area contributed by atoms with Crippen LogP contribution >= 0.6 is 0 Å². The number of nitrogens with zero attached hydrogens (tertiary/aromatic N) is 3. The number of hydrogen-bond donors (Lipinski definition) is 1. The monoisotopic (exact) mass is 486 g/mol. The summed E-state index contributed by atoms with van der Waals surface area (Å²) in [5.41, 5.74) is -0.367. The highest BCUT2D eigenvalue weighted by Crippen LogP contribution is 2.28. The molecule has 0 atom stereocenters. The normalized spacial score (nSPS) is 11.5. The van der Waals surface area contributed by atoms with Gasteiger partial charge in [-0.05, 0) is 36.8 Å². The lowest BCUT2D eigenvalue weighted by molar-refractivity contribution is 0.103. The van der Waals surface area contributed by atoms with Crippen LogP contribution in [0.4, 0.5) is 18.9 Å². The van der Waals surface area contributed by atoms with Crippen LogP contribution in [0.3, 0.4) is 0 Å². The maximum atomic E-state index is 15.0. The Labute approximate surface area is 192 Å². The number of nitrogens with one attached hydrogen (secondary N) is 1. The second-order valence-corrected chi connectivity index (χ2v) is 9.20. The molecule has 0 radical (unpaired) electrons. The zero-order chi connectivity index (χ0) is 24.5. The van der Waals surface area contributed by atoms with Crippen LogP contribution in [0.1, 0.15) is 29.3 Å². The molecule has 0 unspecified atom stereocenters. The van der Waals surface area contributed by atoms with Crippen LogP contribution in [-0.2, 0) is 10.0 Å². The Kier molecular flexibility index (Phi) is 6.29. The molecule has 2 aromatic carbocycles. The smallest absolute Gasteiger partial charge is 0.232 e. The van der Waals surface area contributed by atoms with Gasteiger partial charge in [0.05, 0.1) is 39.9 Å². The average Bonchev–Trinajstić information content (AvgIpc) is 2.82. The number of rotatable bonds is 7. The number of carbonyl (C=O) groups is 1. The van der Waals surface area contributed by atoms with Crippen molar-refractivity contribution in [3.05, 3.63) is 83.6 Å². The largest absolute Gasteiger partial charge is 0.288 e. The standard InChI is InChI=1S/C23H17F3N4O3S/c1-2-9-34(32,33)30-18-11-15(24)21(25)20(22(18)26)23(31)14-3-4-16-17(10-14)29-19(12-28-16)13-5-7-27-8-6-13/h3-8,10-12,30H,2,9H2,1H3. The predicted molar refractivity (Wildman–Crippen MR) is 120 cm³/mol. The molecule has 0 aliphatic heterocycles. The molecule has 0 spiro atoms. The third-order valence-electron chi connectivity index (χ3n) is 4.90. The predicted octanol–water partition coefficient (Wildman–Crippen LogP) is 4.49. The Morgan fingerprint density at radius 2 is 1.74 bits per heavy atom. The van der Waals surface area contributed by atoms with Crippen molar-refractivity contribution in [2.24, 2.45) is 0 Å². The second kappa shape index (κ2) is 9.18. The molecule has 0 fully saturated rings. The SMILES string of the molecule is CCCS(=O)(=O)Nc1cc(F)c(F)c(C(=O)c2ccc3ncc(-c4ccncc4)nc3c2)c1F. The van der Waals surface area contributed by atoms with Crippen LogP contribution < -0.4 is 4.72 Å². The van der Waals surface area contributed by atoms with Crippen molar-refractivity contribution in [1.29, 1.82) is 0 Å². The maximum Gasteiger partial charge on any atom is 0.232 e. The van der Waals surface area contributed by atoms with Crippen LogP contribution in [0.15, 0.2) is 55.0 Å². The molecule has 7 nitrogen and oxygen atoms in total. The molecule has 2 heterocycles. The van der Waals surface area contributed by atoms with E-state index in [-0.39, 0.29) is 23.3 Å². The van der Waals surface area contributed by atoms with E-state index < -0.39 is 44.5 Å². The Morgan fingerprint density at radius 3 is 2.44 bits per heavy atom. The third-order valence-corrected chi connectivity index (χ3v) is 6.38. The fraction of sp³-hybridized carbons (Fsp3) is 0.130. The van der Waals surface area contributed by atoms with Crippen molar-refractivity contribution in [3.63, 3.8) is 0 Å². The minimum absolute atomic E-state index is 0.181. The third kappa shape index (κ3) is 4.60. The maximum absolute atomic E-state index is 15.0. The molecule has 11 heteroatoms. The van der Waals surface area contributed by atoms with Gasteiger partial charge < -0.3 is 0 Å². The van der Waals surface area contributed by atoms with Crippen LogP contribution in [-0.4, -0.2) is 34.9 Å². The highest BCUT2D eigenvalue weighted by Gasteiger charge is 2.27. The van der Waals surface area contributed by atoms with Crippen LogP contribution in [0.25, 0.3) is 22.3 Å². The van der Waals surface area contributed by atoms with Crippen LogP contribution in [0.2, 0.25) is 0 Å². The Bertz CT molecular complexity index is 1510. The van der Waals surface area contributed by atoms with E-state index in [2.05, 4.69) is 15.0 Å². The zero-order valence-electron chi connectivity index (χ0n) is 17.7. The number of aromatic nitrogens is 3. The molecule has 34 heavy (non-hydrogen) atoms. The number of halogens is 3. The summed E-state index contributed by atoms with van der Waals surface area (Å²) < 4.78 is 69.6. The average molecular weight is 486 g/mol. The highest BCUT2D eigenvalue weighted by atomic mass is 32.2. The van der Waals surface area contributed by atoms with Gasteiger partial charge in [-0.3, -0.25) is 19.5 Å². The first-order valence-electron chi connectivity index (χ1n) is 10.1. The van der Waals surface area contributed by atoms with Crippen molar-refractivity contribution >= 4 is 32.5 Å². The molecule has 1 N–H and O–H groups in total. The minimum Gasteiger partial charge on any atom is -0.288 e. The molecular weight excluding hydrogens is 469 g/mol. The van der Waals surface area contributed by atoms with E-state index in [0.29, 0.717) is 22.8 Å². The number of hydrogen-bond acceptors (Lipinski definition) is 6. The lowest BCUT2D eigenvalue weighted by Gasteiger charge is -2.12. The fourth-order valence-electron chi connectivity index (χ4n) is 3.32. The van der Waals surface area contributed by atoms with Crippen molar-refractivity contribution in [1.82, 2.24) is 15.0 Å². The summed E-state index contributed by atoms with van der Waals surface area (Å²) in [6.07, 6.45) is 4.89. The minimum atomic E-state index is -4.02. The topological polar surface area (TPSA) is 102 Å². The Hall–Kier alpha value is -3.86. The molecule has 2 aromatic heterocycles. The molecule has 0 aliphatic carbocycles. The number of fused-ring (bicyclic) bond motifs is 1. The molecule has 0 aliphatic rings. The summed E-state index contributed by atoms with van der Waals surface area (Å²) in [7, 11) is -4.02. The first-order chi connectivity index (χ1) is 16.2. The van der Waals surface area contributed by atoms with Gasteiger partial charge in [0.2, 0.25) is 10.0 Å². The number of carbonyl (C=O) groups excluding carboxylic acids is 1. The summed E-state index contributed by atoms with van der Waals surface area (Å²) in [6, 6.07) is 7.77. The quantitative estimate of drug-likeness (QED) is 0.305. The van der Waals surface area contributed by atoms with E-state index in [4.69, 9.17) is 0 Å². The first kappa shape index (κ1) is 23.3. The van der Waals surface area contributed by atoms with Gasteiger partial charge in [0.25, 0.3) is 0 Å². The summed E-state index contributed by atoms with van der Waals surface area (Å²) in [5.74, 6) is -6.35. The van der Waals surface area contributed by atoms with Crippen LogP contribution in [0.5, 0.6) is 0 Å². The fourth-order valence-corrected chi connectivity index (χ4v) is 4.45. The van der Waals surface area contributed by atoms with E-state index in [0.717, 1.165) is 0 Å². The van der Waals surface area contributed by atoms with E-state index in [1.165, 1.54) is 24.4 Å². The summed E-state index contributed by atoms with van der Waals surface area (Å²) >= 11 is 0. The first-order valence-corrected chi connectivity index (χ1v) is 11.8. The van der Waals surface area contributed by atoms with Crippen LogP contribution in [0, 0.1) is 17.5 Å². The van der Waals surface area contributed by atoms with Crippen molar-refractivity contribution in [3.8, 4) is 11.3 Å². The van der Waals surface area contributed by atoms with E-state index in [1.807, 2.05) is 4.72 Å². The second-order valence-electron chi connectivity index (χ2n) is 7.35. The molecule has 4 aromatic rings. The molecule has 0 saturated carbocycles. The molecule has 4 rings (SSSR count). The Morgan fingerprint density at radius 1 is 1.00 bits per heavy atom. The molecule has 174 valence electrons. The van der Waals surface area contributed by atoms with Gasteiger partial charge in [0, 0.05) is 29.6 Å². The number of benzene rings is 2. The van der Waals surface area contributed by atoms with E-state index in [9.17, 15) is 22.0 Å². The van der Waals surface area contributed by atoms with Gasteiger partial charge >= 0.3 is 0 Å². The highest BCUT2D eigenvalue weighted by molar-refractivity contribution is 7.92. The lowest BCUT2D eigenvalue weighted by Crippen LogP contribution is -2.19. The van der Waals surface area contributed by atoms with Gasteiger partial charge in [-0.15, -0.1) is 0 Å². The summed E-state index contributed by atoms with van der Waals surface area (Å²) in [4.78, 5) is 25.6. The van der Waals surface area contributed by atoms with E-state index >= 15 is 4.39 Å².